The molecular formula is C19H18O. The summed E-state index contributed by atoms with van der Waals surface area (Å²) >= 11 is 0. The van der Waals surface area contributed by atoms with Gasteiger partial charge in [0.15, 0.2) is 5.60 Å². The van der Waals surface area contributed by atoms with Crippen LogP contribution >= 0.6 is 0 Å². The van der Waals surface area contributed by atoms with Crippen LogP contribution in [0.1, 0.15) is 30.4 Å². The van der Waals surface area contributed by atoms with Gasteiger partial charge in [0.25, 0.3) is 0 Å². The van der Waals surface area contributed by atoms with Gasteiger partial charge in [0, 0.05) is 11.5 Å². The molecule has 1 atom stereocenters. The van der Waals surface area contributed by atoms with Gasteiger partial charge < -0.3 is 5.11 Å². The van der Waals surface area contributed by atoms with Crippen LogP contribution in [0.4, 0.5) is 0 Å². The molecule has 20 heavy (non-hydrogen) atoms. The fraction of sp³-hybridized carbons (Fsp3) is 0.263. The molecule has 0 bridgehead atoms. The molecule has 0 aliphatic heterocycles. The van der Waals surface area contributed by atoms with E-state index in [0.717, 1.165) is 24.0 Å². The highest BCUT2D eigenvalue weighted by molar-refractivity contribution is 5.40. The predicted molar refractivity (Wildman–Crippen MR) is 81.0 cm³/mol. The summed E-state index contributed by atoms with van der Waals surface area (Å²) in [4.78, 5) is 0. The zero-order valence-electron chi connectivity index (χ0n) is 11.4. The molecule has 3 rings (SSSR count). The predicted octanol–water partition coefficient (Wildman–Crippen LogP) is 3.73. The van der Waals surface area contributed by atoms with Crippen LogP contribution in [-0.4, -0.2) is 5.11 Å². The number of hydrogen-bond acceptors (Lipinski definition) is 1. The van der Waals surface area contributed by atoms with Crippen molar-refractivity contribution in [1.29, 1.82) is 0 Å². The van der Waals surface area contributed by atoms with E-state index in [9.17, 15) is 5.11 Å². The molecule has 0 amide bonds. The minimum atomic E-state index is -1.02. The quantitative estimate of drug-likeness (QED) is 0.818. The van der Waals surface area contributed by atoms with Gasteiger partial charge in [0.05, 0.1) is 0 Å². The first kappa shape index (κ1) is 13.0. The molecular weight excluding hydrogens is 244 g/mol. The lowest BCUT2D eigenvalue weighted by molar-refractivity contribution is -0.00406. The van der Waals surface area contributed by atoms with Gasteiger partial charge in [-0.25, -0.2) is 0 Å². The Morgan fingerprint density at radius 3 is 2.05 bits per heavy atom. The van der Waals surface area contributed by atoms with Gasteiger partial charge in [0.1, 0.15) is 0 Å². The number of rotatable bonds is 2. The van der Waals surface area contributed by atoms with Gasteiger partial charge in [-0.1, -0.05) is 66.8 Å². The Morgan fingerprint density at radius 2 is 1.50 bits per heavy atom. The van der Waals surface area contributed by atoms with Crippen molar-refractivity contribution in [2.75, 3.05) is 0 Å². The van der Waals surface area contributed by atoms with Crippen LogP contribution in [0.2, 0.25) is 0 Å². The van der Waals surface area contributed by atoms with Gasteiger partial charge in [-0.15, -0.1) is 0 Å². The van der Waals surface area contributed by atoms with E-state index in [0.29, 0.717) is 0 Å². The third-order valence-corrected chi connectivity index (χ3v) is 4.08. The van der Waals surface area contributed by atoms with Gasteiger partial charge in [-0.2, -0.15) is 0 Å². The molecule has 0 aromatic heterocycles. The van der Waals surface area contributed by atoms with Crippen LogP contribution < -0.4 is 0 Å². The highest BCUT2D eigenvalue weighted by atomic mass is 16.3. The minimum Gasteiger partial charge on any atom is -0.373 e. The largest absolute Gasteiger partial charge is 0.373 e. The Morgan fingerprint density at radius 1 is 0.900 bits per heavy atom. The first-order chi connectivity index (χ1) is 9.79. The molecule has 1 aliphatic rings. The molecule has 1 saturated carbocycles. The van der Waals surface area contributed by atoms with E-state index >= 15 is 0 Å². The van der Waals surface area contributed by atoms with E-state index in [-0.39, 0.29) is 5.92 Å². The lowest BCUT2D eigenvalue weighted by Gasteiger charge is -2.38. The lowest BCUT2D eigenvalue weighted by atomic mass is 9.70. The summed E-state index contributed by atoms with van der Waals surface area (Å²) in [6.07, 6.45) is 3.29. The molecule has 1 nitrogen and oxygen atoms in total. The molecule has 0 heterocycles. The Kier molecular flexibility index (Phi) is 3.58. The van der Waals surface area contributed by atoms with E-state index < -0.39 is 5.60 Å². The summed E-state index contributed by atoms with van der Waals surface area (Å²) in [6, 6.07) is 19.7. The van der Waals surface area contributed by atoms with Crippen molar-refractivity contribution < 1.29 is 5.11 Å². The lowest BCUT2D eigenvalue weighted by Crippen LogP contribution is -2.37. The summed E-state index contributed by atoms with van der Waals surface area (Å²) in [6.45, 7) is 0. The normalized spacial score (nSPS) is 17.4. The third-order valence-electron chi connectivity index (χ3n) is 4.08. The first-order valence-electron chi connectivity index (χ1n) is 7.15. The Bertz CT molecular complexity index is 617. The van der Waals surface area contributed by atoms with Crippen molar-refractivity contribution in [3.63, 3.8) is 0 Å². The number of benzene rings is 2. The molecule has 1 N–H and O–H groups in total. The molecule has 2 aromatic carbocycles. The fourth-order valence-electron chi connectivity index (χ4n) is 2.62. The standard InChI is InChI=1S/C19H18O/c20-19(18-12-7-13-18,17-10-5-2-6-11-17)15-14-16-8-3-1-4-9-16/h1-6,8-11,18,20H,7,12-13H2. The van der Waals surface area contributed by atoms with E-state index in [1.165, 1.54) is 6.42 Å². The SMILES string of the molecule is OC(C#Cc1ccccc1)(c1ccccc1)C1CCC1. The molecule has 1 heteroatoms. The molecule has 0 spiro atoms. The van der Waals surface area contributed by atoms with Crippen LogP contribution in [0.5, 0.6) is 0 Å². The number of hydrogen-bond donors (Lipinski definition) is 1. The maximum Gasteiger partial charge on any atom is 0.154 e. The third kappa shape index (κ3) is 2.48. The minimum absolute atomic E-state index is 0.251. The average molecular weight is 262 g/mol. The molecule has 100 valence electrons. The monoisotopic (exact) mass is 262 g/mol. The van der Waals surface area contributed by atoms with Crippen LogP contribution in [0.3, 0.4) is 0 Å². The molecule has 1 aliphatic carbocycles. The summed E-state index contributed by atoms with van der Waals surface area (Å²) < 4.78 is 0. The number of aliphatic hydroxyl groups is 1. The van der Waals surface area contributed by atoms with Gasteiger partial charge >= 0.3 is 0 Å². The topological polar surface area (TPSA) is 20.2 Å². The average Bonchev–Trinajstić information content (AvgIpc) is 2.45. The van der Waals surface area contributed by atoms with Crippen molar-refractivity contribution in [2.24, 2.45) is 5.92 Å². The second kappa shape index (κ2) is 5.53. The smallest absolute Gasteiger partial charge is 0.154 e. The summed E-state index contributed by atoms with van der Waals surface area (Å²) in [5, 5.41) is 11.1. The van der Waals surface area contributed by atoms with Crippen molar-refractivity contribution in [3.05, 3.63) is 71.8 Å². The maximum absolute atomic E-state index is 11.1. The van der Waals surface area contributed by atoms with E-state index in [1.807, 2.05) is 60.7 Å². The highest BCUT2D eigenvalue weighted by Crippen LogP contribution is 2.42. The van der Waals surface area contributed by atoms with Crippen molar-refractivity contribution in [3.8, 4) is 11.8 Å². The zero-order chi connectivity index (χ0) is 13.8. The molecule has 1 fully saturated rings. The second-order valence-electron chi connectivity index (χ2n) is 5.38. The van der Waals surface area contributed by atoms with Crippen LogP contribution in [0, 0.1) is 17.8 Å². The van der Waals surface area contributed by atoms with Crippen LogP contribution in [0.25, 0.3) is 0 Å². The van der Waals surface area contributed by atoms with Gasteiger partial charge in [0.2, 0.25) is 0 Å². The van der Waals surface area contributed by atoms with E-state index in [1.54, 1.807) is 0 Å². The Hall–Kier alpha value is -2.04. The maximum atomic E-state index is 11.1. The highest BCUT2D eigenvalue weighted by Gasteiger charge is 2.40. The molecule has 0 radical (unpaired) electrons. The van der Waals surface area contributed by atoms with Crippen LogP contribution in [-0.2, 0) is 5.60 Å². The molecule has 1 unspecified atom stereocenters. The first-order valence-corrected chi connectivity index (χ1v) is 7.15. The molecule has 2 aromatic rings. The van der Waals surface area contributed by atoms with E-state index in [4.69, 9.17) is 0 Å². The van der Waals surface area contributed by atoms with Crippen molar-refractivity contribution in [2.45, 2.75) is 24.9 Å². The Balaban J connectivity index is 1.97. The summed E-state index contributed by atoms with van der Waals surface area (Å²) in [5.74, 6) is 6.52. The fourth-order valence-corrected chi connectivity index (χ4v) is 2.62. The summed E-state index contributed by atoms with van der Waals surface area (Å²) in [5.41, 5.74) is 0.837. The van der Waals surface area contributed by atoms with Crippen molar-refractivity contribution in [1.82, 2.24) is 0 Å². The van der Waals surface area contributed by atoms with Gasteiger partial charge in [-0.3, -0.25) is 0 Å². The second-order valence-corrected chi connectivity index (χ2v) is 5.38. The van der Waals surface area contributed by atoms with Crippen LogP contribution in [0.15, 0.2) is 60.7 Å². The van der Waals surface area contributed by atoms with Gasteiger partial charge in [-0.05, 0) is 30.5 Å². The summed E-state index contributed by atoms with van der Waals surface area (Å²) in [7, 11) is 0. The zero-order valence-corrected chi connectivity index (χ0v) is 11.4. The van der Waals surface area contributed by atoms with E-state index in [2.05, 4.69) is 11.8 Å². The molecule has 0 saturated heterocycles. The van der Waals surface area contributed by atoms with Crippen molar-refractivity contribution >= 4 is 0 Å². The Labute approximate surface area is 120 Å².